The smallest absolute Gasteiger partial charge is 0.0758 e. The molecule has 0 aliphatic rings. The molecule has 0 saturated heterocycles. The van der Waals surface area contributed by atoms with E-state index in [0.29, 0.717) is 12.3 Å². The van der Waals surface area contributed by atoms with Crippen molar-refractivity contribution in [1.82, 2.24) is 5.32 Å². The summed E-state index contributed by atoms with van der Waals surface area (Å²) in [4.78, 5) is 1.09. The number of β-amino-alcohol motifs (C(OH)–C–C–N with tert-alkyl or cyclic N) is 1. The molecular weight excluding hydrogens is 254 g/mol. The molecule has 0 radical (unpaired) electrons. The maximum atomic E-state index is 9.83. The van der Waals surface area contributed by atoms with Crippen molar-refractivity contribution in [3.8, 4) is 0 Å². The zero-order chi connectivity index (χ0) is 12.9. The molecule has 4 heteroatoms. The SMILES string of the molecule is CC(C)(C)NCC(O)CSc1cccc(Cl)c1. The van der Waals surface area contributed by atoms with Crippen LogP contribution in [0.5, 0.6) is 0 Å². The standard InChI is InChI=1S/C13H20ClNOS/c1-13(2,3)15-8-11(16)9-17-12-6-4-5-10(14)7-12/h4-7,11,15-16H,8-9H2,1-3H3. The number of hydrogen-bond acceptors (Lipinski definition) is 3. The van der Waals surface area contributed by atoms with Gasteiger partial charge in [0.05, 0.1) is 6.10 Å². The Morgan fingerprint density at radius 1 is 1.41 bits per heavy atom. The summed E-state index contributed by atoms with van der Waals surface area (Å²) in [5.74, 6) is 0.670. The van der Waals surface area contributed by atoms with Crippen LogP contribution in [0.2, 0.25) is 5.02 Å². The molecule has 0 aromatic heterocycles. The van der Waals surface area contributed by atoms with Crippen LogP contribution < -0.4 is 5.32 Å². The van der Waals surface area contributed by atoms with Gasteiger partial charge in [0.15, 0.2) is 0 Å². The van der Waals surface area contributed by atoms with E-state index in [1.165, 1.54) is 0 Å². The Labute approximate surface area is 113 Å². The number of nitrogens with one attached hydrogen (secondary N) is 1. The minimum atomic E-state index is -0.349. The molecular formula is C13H20ClNOS. The predicted molar refractivity (Wildman–Crippen MR) is 75.9 cm³/mol. The lowest BCUT2D eigenvalue weighted by Gasteiger charge is -2.22. The minimum absolute atomic E-state index is 0.0434. The number of rotatable bonds is 5. The Hall–Kier alpha value is -0.220. The first kappa shape index (κ1) is 14.8. The number of hydrogen-bond donors (Lipinski definition) is 2. The molecule has 96 valence electrons. The minimum Gasteiger partial charge on any atom is -0.391 e. The number of aliphatic hydroxyl groups excluding tert-OH is 1. The largest absolute Gasteiger partial charge is 0.391 e. The average Bonchev–Trinajstić information content (AvgIpc) is 2.23. The molecule has 0 spiro atoms. The van der Waals surface area contributed by atoms with Crippen LogP contribution >= 0.6 is 23.4 Å². The molecule has 0 aliphatic carbocycles. The number of halogens is 1. The molecule has 1 unspecified atom stereocenters. The summed E-state index contributed by atoms with van der Waals surface area (Å²) in [5.41, 5.74) is 0.0434. The van der Waals surface area contributed by atoms with Gasteiger partial charge in [-0.3, -0.25) is 0 Å². The van der Waals surface area contributed by atoms with Gasteiger partial charge in [0, 0.05) is 27.8 Å². The van der Waals surface area contributed by atoms with Crippen molar-refractivity contribution in [2.24, 2.45) is 0 Å². The second kappa shape index (κ2) is 6.64. The lowest BCUT2D eigenvalue weighted by molar-refractivity contribution is 0.183. The van der Waals surface area contributed by atoms with E-state index in [9.17, 15) is 5.11 Å². The van der Waals surface area contributed by atoms with Crippen LogP contribution in [-0.2, 0) is 0 Å². The number of aliphatic hydroxyl groups is 1. The van der Waals surface area contributed by atoms with Crippen LogP contribution in [0, 0.1) is 0 Å². The van der Waals surface area contributed by atoms with Crippen LogP contribution in [0.4, 0.5) is 0 Å². The highest BCUT2D eigenvalue weighted by molar-refractivity contribution is 7.99. The van der Waals surface area contributed by atoms with Gasteiger partial charge in [0.2, 0.25) is 0 Å². The monoisotopic (exact) mass is 273 g/mol. The van der Waals surface area contributed by atoms with Gasteiger partial charge in [-0.2, -0.15) is 0 Å². The summed E-state index contributed by atoms with van der Waals surface area (Å²) in [6.07, 6.45) is -0.349. The first-order chi connectivity index (χ1) is 7.87. The Kier molecular flexibility index (Phi) is 5.80. The third-order valence-electron chi connectivity index (χ3n) is 2.11. The highest BCUT2D eigenvalue weighted by atomic mass is 35.5. The molecule has 0 bridgehead atoms. The fraction of sp³-hybridized carbons (Fsp3) is 0.538. The second-order valence-electron chi connectivity index (χ2n) is 5.05. The summed E-state index contributed by atoms with van der Waals surface area (Å²) >= 11 is 7.51. The summed E-state index contributed by atoms with van der Waals surface area (Å²) in [5, 5.41) is 13.8. The van der Waals surface area contributed by atoms with E-state index in [4.69, 9.17) is 11.6 Å². The molecule has 0 aliphatic heterocycles. The van der Waals surface area contributed by atoms with E-state index >= 15 is 0 Å². The molecule has 0 heterocycles. The van der Waals surface area contributed by atoms with E-state index in [0.717, 1.165) is 9.92 Å². The van der Waals surface area contributed by atoms with Gasteiger partial charge in [-0.1, -0.05) is 17.7 Å². The Bertz CT molecular complexity index is 352. The van der Waals surface area contributed by atoms with E-state index in [1.54, 1.807) is 11.8 Å². The van der Waals surface area contributed by atoms with Gasteiger partial charge < -0.3 is 10.4 Å². The van der Waals surface area contributed by atoms with Crippen LogP contribution in [0.25, 0.3) is 0 Å². The van der Waals surface area contributed by atoms with Crippen molar-refractivity contribution in [2.45, 2.75) is 37.3 Å². The Morgan fingerprint density at radius 2 is 2.12 bits per heavy atom. The third kappa shape index (κ3) is 6.94. The van der Waals surface area contributed by atoms with Gasteiger partial charge in [-0.25, -0.2) is 0 Å². The maximum Gasteiger partial charge on any atom is 0.0758 e. The highest BCUT2D eigenvalue weighted by Crippen LogP contribution is 2.22. The highest BCUT2D eigenvalue weighted by Gasteiger charge is 2.12. The molecule has 1 aromatic carbocycles. The lowest BCUT2D eigenvalue weighted by Crippen LogP contribution is -2.41. The molecule has 1 aromatic rings. The van der Waals surface area contributed by atoms with E-state index in [-0.39, 0.29) is 11.6 Å². The van der Waals surface area contributed by atoms with Crippen LogP contribution in [0.15, 0.2) is 29.2 Å². The molecule has 2 nitrogen and oxygen atoms in total. The second-order valence-corrected chi connectivity index (χ2v) is 6.58. The molecule has 2 N–H and O–H groups in total. The summed E-state index contributed by atoms with van der Waals surface area (Å²) < 4.78 is 0. The van der Waals surface area contributed by atoms with E-state index in [1.807, 2.05) is 24.3 Å². The van der Waals surface area contributed by atoms with Crippen molar-refractivity contribution in [3.05, 3.63) is 29.3 Å². The Balaban J connectivity index is 2.31. The first-order valence-electron chi connectivity index (χ1n) is 5.68. The molecule has 1 rings (SSSR count). The molecule has 1 atom stereocenters. The van der Waals surface area contributed by atoms with Crippen LogP contribution in [-0.4, -0.2) is 29.0 Å². The van der Waals surface area contributed by atoms with Crippen molar-refractivity contribution in [1.29, 1.82) is 0 Å². The van der Waals surface area contributed by atoms with Gasteiger partial charge >= 0.3 is 0 Å². The first-order valence-corrected chi connectivity index (χ1v) is 7.04. The third-order valence-corrected chi connectivity index (χ3v) is 3.48. The van der Waals surface area contributed by atoms with Gasteiger partial charge in [0.25, 0.3) is 0 Å². The van der Waals surface area contributed by atoms with Gasteiger partial charge in [-0.05, 0) is 39.0 Å². The number of benzene rings is 1. The zero-order valence-electron chi connectivity index (χ0n) is 10.5. The van der Waals surface area contributed by atoms with Crippen molar-refractivity contribution in [3.63, 3.8) is 0 Å². The topological polar surface area (TPSA) is 32.3 Å². The van der Waals surface area contributed by atoms with Gasteiger partial charge in [-0.15, -0.1) is 11.8 Å². The predicted octanol–water partition coefficient (Wildman–Crippen LogP) is 3.18. The quantitative estimate of drug-likeness (QED) is 0.809. The molecule has 0 fully saturated rings. The van der Waals surface area contributed by atoms with Crippen molar-refractivity contribution < 1.29 is 5.11 Å². The number of thioether (sulfide) groups is 1. The fourth-order valence-corrected chi connectivity index (χ4v) is 2.37. The summed E-state index contributed by atoms with van der Waals surface area (Å²) in [7, 11) is 0. The van der Waals surface area contributed by atoms with Crippen molar-refractivity contribution in [2.75, 3.05) is 12.3 Å². The van der Waals surface area contributed by atoms with Gasteiger partial charge in [0.1, 0.15) is 0 Å². The summed E-state index contributed by atoms with van der Waals surface area (Å²) in [6.45, 7) is 6.87. The zero-order valence-corrected chi connectivity index (χ0v) is 12.1. The maximum absolute atomic E-state index is 9.83. The van der Waals surface area contributed by atoms with Crippen LogP contribution in [0.1, 0.15) is 20.8 Å². The summed E-state index contributed by atoms with van der Waals surface area (Å²) in [6, 6.07) is 7.68. The van der Waals surface area contributed by atoms with Crippen LogP contribution in [0.3, 0.4) is 0 Å². The Morgan fingerprint density at radius 3 is 2.71 bits per heavy atom. The average molecular weight is 274 g/mol. The fourth-order valence-electron chi connectivity index (χ4n) is 1.23. The molecule has 0 saturated carbocycles. The lowest BCUT2D eigenvalue weighted by atomic mass is 10.1. The van der Waals surface area contributed by atoms with Crippen molar-refractivity contribution >= 4 is 23.4 Å². The molecule has 0 amide bonds. The van der Waals surface area contributed by atoms with E-state index in [2.05, 4.69) is 26.1 Å². The normalized spacial score (nSPS) is 13.7. The molecule has 17 heavy (non-hydrogen) atoms. The van der Waals surface area contributed by atoms with E-state index < -0.39 is 0 Å².